The van der Waals surface area contributed by atoms with Crippen LogP contribution in [0, 0.1) is 0 Å². The SMILES string of the molecule is Cn1c(=NCC(=O)N/N=C/c2cc(Br)ccc2O)sc2ccccc21. The molecule has 1 heterocycles. The van der Waals surface area contributed by atoms with Crippen LogP contribution in [-0.2, 0) is 11.8 Å². The first-order valence-electron chi connectivity index (χ1n) is 7.40. The van der Waals surface area contributed by atoms with E-state index in [1.165, 1.54) is 17.6 Å². The predicted molar refractivity (Wildman–Crippen MR) is 103 cm³/mol. The van der Waals surface area contributed by atoms with Crippen LogP contribution in [0.25, 0.3) is 10.2 Å². The lowest BCUT2D eigenvalue weighted by Crippen LogP contribution is -2.22. The molecule has 0 atom stereocenters. The lowest BCUT2D eigenvalue weighted by Gasteiger charge is -1.99. The summed E-state index contributed by atoms with van der Waals surface area (Å²) in [5.74, 6) is -0.244. The van der Waals surface area contributed by atoms with Crippen molar-refractivity contribution in [1.82, 2.24) is 9.99 Å². The van der Waals surface area contributed by atoms with Gasteiger partial charge in [-0.1, -0.05) is 39.4 Å². The van der Waals surface area contributed by atoms with Gasteiger partial charge in [0, 0.05) is 17.1 Å². The Kier molecular flexibility index (Phi) is 5.30. The number of aromatic nitrogens is 1. The fourth-order valence-corrected chi connectivity index (χ4v) is 3.60. The van der Waals surface area contributed by atoms with Crippen LogP contribution in [0.3, 0.4) is 0 Å². The summed E-state index contributed by atoms with van der Waals surface area (Å²) in [6.07, 6.45) is 1.39. The summed E-state index contributed by atoms with van der Waals surface area (Å²) in [6, 6.07) is 12.9. The van der Waals surface area contributed by atoms with Crippen LogP contribution in [0.15, 0.2) is 57.0 Å². The highest BCUT2D eigenvalue weighted by molar-refractivity contribution is 9.10. The van der Waals surface area contributed by atoms with E-state index in [2.05, 4.69) is 31.4 Å². The van der Waals surface area contributed by atoms with Crippen LogP contribution in [0.2, 0.25) is 0 Å². The number of hydrazone groups is 1. The molecule has 1 aromatic heterocycles. The van der Waals surface area contributed by atoms with Crippen molar-refractivity contribution >= 4 is 49.6 Å². The number of hydrogen-bond donors (Lipinski definition) is 2. The number of amides is 1. The summed E-state index contributed by atoms with van der Waals surface area (Å²) in [5.41, 5.74) is 3.99. The second-order valence-corrected chi connectivity index (χ2v) is 7.15. The molecule has 0 bridgehead atoms. The lowest BCUT2D eigenvalue weighted by molar-refractivity contribution is -0.119. The summed E-state index contributed by atoms with van der Waals surface area (Å²) in [4.78, 5) is 17.0. The fourth-order valence-electron chi connectivity index (χ4n) is 2.21. The first-order chi connectivity index (χ1) is 12.0. The number of nitrogens with zero attached hydrogens (tertiary/aromatic N) is 3. The average Bonchev–Trinajstić information content (AvgIpc) is 2.92. The van der Waals surface area contributed by atoms with Crippen LogP contribution in [0.4, 0.5) is 0 Å². The molecule has 0 aliphatic carbocycles. The Balaban J connectivity index is 1.67. The van der Waals surface area contributed by atoms with Crippen molar-refractivity contribution < 1.29 is 9.90 Å². The van der Waals surface area contributed by atoms with Gasteiger partial charge in [-0.3, -0.25) is 4.79 Å². The molecule has 0 aliphatic heterocycles. The van der Waals surface area contributed by atoms with Crippen molar-refractivity contribution in [3.63, 3.8) is 0 Å². The van der Waals surface area contributed by atoms with Gasteiger partial charge in [-0.25, -0.2) is 10.4 Å². The van der Waals surface area contributed by atoms with E-state index < -0.39 is 0 Å². The minimum atomic E-state index is -0.330. The van der Waals surface area contributed by atoms with Crippen molar-refractivity contribution in [3.8, 4) is 5.75 Å². The average molecular weight is 419 g/mol. The number of fused-ring (bicyclic) bond motifs is 1. The van der Waals surface area contributed by atoms with Crippen molar-refractivity contribution in [1.29, 1.82) is 0 Å². The Morgan fingerprint density at radius 2 is 2.16 bits per heavy atom. The third-order valence-corrected chi connectivity index (χ3v) is 5.10. The minimum absolute atomic E-state index is 0.0253. The van der Waals surface area contributed by atoms with Gasteiger partial charge in [0.25, 0.3) is 5.91 Å². The molecule has 1 amide bonds. The van der Waals surface area contributed by atoms with Gasteiger partial charge < -0.3 is 9.67 Å². The molecule has 8 heteroatoms. The van der Waals surface area contributed by atoms with E-state index in [-0.39, 0.29) is 18.2 Å². The topological polar surface area (TPSA) is 79.0 Å². The Morgan fingerprint density at radius 1 is 1.36 bits per heavy atom. The normalized spacial score (nSPS) is 12.2. The van der Waals surface area contributed by atoms with E-state index in [0.717, 1.165) is 19.5 Å². The Labute approximate surface area is 156 Å². The summed E-state index contributed by atoms with van der Waals surface area (Å²) in [6.45, 7) is -0.0253. The molecule has 3 aromatic rings. The predicted octanol–water partition coefficient (Wildman–Crippen LogP) is 2.76. The number of halogens is 1. The molecule has 0 unspecified atom stereocenters. The van der Waals surface area contributed by atoms with Crippen LogP contribution >= 0.6 is 27.3 Å². The molecule has 0 radical (unpaired) electrons. The van der Waals surface area contributed by atoms with E-state index in [1.807, 2.05) is 35.9 Å². The maximum absolute atomic E-state index is 11.9. The number of phenolic OH excluding ortho intramolecular Hbond substituents is 1. The number of phenols is 1. The summed E-state index contributed by atoms with van der Waals surface area (Å²) in [7, 11) is 1.92. The maximum atomic E-state index is 11.9. The van der Waals surface area contributed by atoms with E-state index in [0.29, 0.717) is 5.56 Å². The Hall–Kier alpha value is -2.45. The number of hydrogen-bond acceptors (Lipinski definition) is 5. The van der Waals surface area contributed by atoms with Crippen LogP contribution in [0.5, 0.6) is 5.75 Å². The number of thiazole rings is 1. The zero-order chi connectivity index (χ0) is 17.8. The quantitative estimate of drug-likeness (QED) is 0.504. The van der Waals surface area contributed by atoms with Crippen molar-refractivity contribution in [2.75, 3.05) is 6.54 Å². The number of aromatic hydroxyl groups is 1. The Bertz CT molecular complexity index is 1020. The molecule has 0 aliphatic rings. The van der Waals surface area contributed by atoms with Crippen molar-refractivity contribution in [2.45, 2.75) is 0 Å². The van der Waals surface area contributed by atoms with Gasteiger partial charge in [0.1, 0.15) is 12.3 Å². The zero-order valence-corrected chi connectivity index (χ0v) is 15.7. The largest absolute Gasteiger partial charge is 0.507 e. The number of carbonyl (C=O) groups is 1. The molecular weight excluding hydrogens is 404 g/mol. The minimum Gasteiger partial charge on any atom is -0.507 e. The summed E-state index contributed by atoms with van der Waals surface area (Å²) >= 11 is 4.84. The molecule has 25 heavy (non-hydrogen) atoms. The van der Waals surface area contributed by atoms with E-state index in [1.54, 1.807) is 18.2 Å². The van der Waals surface area contributed by atoms with Gasteiger partial charge in [0.2, 0.25) is 0 Å². The number of nitrogens with one attached hydrogen (secondary N) is 1. The van der Waals surface area contributed by atoms with Crippen molar-refractivity contribution in [3.05, 3.63) is 57.3 Å². The first-order valence-corrected chi connectivity index (χ1v) is 9.01. The highest BCUT2D eigenvalue weighted by Crippen LogP contribution is 2.19. The van der Waals surface area contributed by atoms with Crippen molar-refractivity contribution in [2.24, 2.45) is 17.1 Å². The van der Waals surface area contributed by atoms with Gasteiger partial charge in [0.05, 0.1) is 16.4 Å². The molecule has 2 aromatic carbocycles. The number of aryl methyl sites for hydroxylation is 1. The number of carbonyl (C=O) groups excluding carboxylic acids is 1. The second-order valence-electron chi connectivity index (χ2n) is 5.22. The highest BCUT2D eigenvalue weighted by atomic mass is 79.9. The second kappa shape index (κ2) is 7.62. The number of para-hydroxylation sites is 1. The van der Waals surface area contributed by atoms with E-state index >= 15 is 0 Å². The molecule has 0 fully saturated rings. The molecule has 3 rings (SSSR count). The van der Waals surface area contributed by atoms with Crippen LogP contribution in [-0.4, -0.2) is 28.3 Å². The third kappa shape index (κ3) is 4.15. The Morgan fingerprint density at radius 3 is 2.96 bits per heavy atom. The van der Waals surface area contributed by atoms with E-state index in [9.17, 15) is 9.90 Å². The fraction of sp³-hybridized carbons (Fsp3) is 0.118. The zero-order valence-electron chi connectivity index (χ0n) is 13.3. The third-order valence-electron chi connectivity index (χ3n) is 3.46. The lowest BCUT2D eigenvalue weighted by atomic mass is 10.2. The monoisotopic (exact) mass is 418 g/mol. The van der Waals surface area contributed by atoms with Gasteiger partial charge in [-0.2, -0.15) is 5.10 Å². The molecule has 128 valence electrons. The van der Waals surface area contributed by atoms with Gasteiger partial charge >= 0.3 is 0 Å². The standard InChI is InChI=1S/C17H15BrN4O2S/c1-22-13-4-2-3-5-15(13)25-17(22)19-10-16(24)21-20-9-11-8-12(18)6-7-14(11)23/h2-9,23H,10H2,1H3,(H,21,24)/b19-17?,20-9+. The molecule has 2 N–H and O–H groups in total. The highest BCUT2D eigenvalue weighted by Gasteiger charge is 2.03. The summed E-state index contributed by atoms with van der Waals surface area (Å²) < 4.78 is 3.88. The molecule has 0 saturated heterocycles. The maximum Gasteiger partial charge on any atom is 0.261 e. The van der Waals surface area contributed by atoms with Crippen LogP contribution in [0.1, 0.15) is 5.56 Å². The first kappa shape index (κ1) is 17.4. The van der Waals surface area contributed by atoms with Gasteiger partial charge in [-0.05, 0) is 30.3 Å². The molecule has 0 saturated carbocycles. The van der Waals surface area contributed by atoms with E-state index in [4.69, 9.17) is 0 Å². The molecule has 6 nitrogen and oxygen atoms in total. The van der Waals surface area contributed by atoms with Crippen LogP contribution < -0.4 is 10.2 Å². The molecular formula is C17H15BrN4O2S. The van der Waals surface area contributed by atoms with Gasteiger partial charge in [-0.15, -0.1) is 0 Å². The molecule has 0 spiro atoms. The number of rotatable bonds is 4. The smallest absolute Gasteiger partial charge is 0.261 e. The summed E-state index contributed by atoms with van der Waals surface area (Å²) in [5, 5.41) is 13.6. The van der Waals surface area contributed by atoms with Gasteiger partial charge in [0.15, 0.2) is 4.80 Å². The number of benzene rings is 2.